The van der Waals surface area contributed by atoms with E-state index in [1.54, 1.807) is 7.11 Å². The van der Waals surface area contributed by atoms with Gasteiger partial charge in [0.15, 0.2) is 0 Å². The molecule has 4 nitrogen and oxygen atoms in total. The maximum absolute atomic E-state index is 11.0. The minimum absolute atomic E-state index is 0.186. The molecule has 4 heteroatoms. The molecule has 82 valence electrons. The normalized spacial score (nSPS) is 30.5. The van der Waals surface area contributed by atoms with Crippen LogP contribution in [0.3, 0.4) is 0 Å². The van der Waals surface area contributed by atoms with Gasteiger partial charge in [0.2, 0.25) is 0 Å². The van der Waals surface area contributed by atoms with Crippen LogP contribution in [0.5, 0.6) is 0 Å². The number of rotatable bonds is 4. The van der Waals surface area contributed by atoms with Gasteiger partial charge in [-0.2, -0.15) is 0 Å². The second-order valence-corrected chi connectivity index (χ2v) is 4.09. The van der Waals surface area contributed by atoms with Gasteiger partial charge in [-0.3, -0.25) is 9.69 Å². The minimum atomic E-state index is -0.710. The van der Waals surface area contributed by atoms with Crippen LogP contribution in [-0.2, 0) is 9.53 Å². The fraction of sp³-hybridized carbons (Fsp3) is 0.900. The number of methoxy groups -OCH3 is 1. The fourth-order valence-corrected chi connectivity index (χ4v) is 2.19. The summed E-state index contributed by atoms with van der Waals surface area (Å²) in [5.41, 5.74) is 0. The second-order valence-electron chi connectivity index (χ2n) is 4.09. The van der Waals surface area contributed by atoms with E-state index in [0.717, 1.165) is 13.0 Å². The Morgan fingerprint density at radius 2 is 2.36 bits per heavy atom. The van der Waals surface area contributed by atoms with Crippen molar-refractivity contribution >= 4 is 5.97 Å². The Morgan fingerprint density at radius 3 is 2.86 bits per heavy atom. The van der Waals surface area contributed by atoms with Crippen LogP contribution in [0, 0.1) is 5.92 Å². The summed E-state index contributed by atoms with van der Waals surface area (Å²) in [6, 6.07) is -0.147. The van der Waals surface area contributed by atoms with E-state index in [2.05, 4.69) is 0 Å². The van der Waals surface area contributed by atoms with Crippen molar-refractivity contribution in [2.45, 2.75) is 32.4 Å². The molecule has 1 rings (SSSR count). The monoisotopic (exact) mass is 201 g/mol. The molecule has 0 amide bonds. The summed E-state index contributed by atoms with van der Waals surface area (Å²) in [6.45, 7) is 5.47. The molecule has 0 aliphatic carbocycles. The first-order valence-corrected chi connectivity index (χ1v) is 5.05. The molecule has 0 radical (unpaired) electrons. The summed E-state index contributed by atoms with van der Waals surface area (Å²) in [5.74, 6) is -0.468. The van der Waals surface area contributed by atoms with Gasteiger partial charge in [-0.05, 0) is 25.8 Å². The minimum Gasteiger partial charge on any atom is -0.480 e. The first-order chi connectivity index (χ1) is 6.57. The molecule has 0 aromatic carbocycles. The molecule has 1 heterocycles. The lowest BCUT2D eigenvalue weighted by Crippen LogP contribution is -2.45. The third kappa shape index (κ3) is 2.25. The van der Waals surface area contributed by atoms with Crippen LogP contribution in [0.25, 0.3) is 0 Å². The topological polar surface area (TPSA) is 49.8 Å². The lowest BCUT2D eigenvalue weighted by Gasteiger charge is -2.28. The molecule has 0 aromatic rings. The summed E-state index contributed by atoms with van der Waals surface area (Å²) >= 11 is 0. The zero-order valence-corrected chi connectivity index (χ0v) is 9.06. The molecule has 14 heavy (non-hydrogen) atoms. The van der Waals surface area contributed by atoms with Gasteiger partial charge in [-0.1, -0.05) is 6.92 Å². The molecule has 1 fully saturated rings. The number of ether oxygens (including phenoxy) is 1. The molecule has 0 saturated carbocycles. The molecule has 3 atom stereocenters. The Morgan fingerprint density at radius 1 is 1.71 bits per heavy atom. The van der Waals surface area contributed by atoms with Crippen molar-refractivity contribution in [2.75, 3.05) is 20.3 Å². The molecule has 0 spiro atoms. The van der Waals surface area contributed by atoms with Crippen molar-refractivity contribution in [2.24, 2.45) is 5.92 Å². The highest BCUT2D eigenvalue weighted by molar-refractivity contribution is 5.74. The standard InChI is InChI=1S/C10H19NO3/c1-7-4-5-11(8(2)6-14-3)9(7)10(12)13/h7-9H,4-6H2,1-3H3,(H,12,13). The zero-order valence-electron chi connectivity index (χ0n) is 9.06. The summed E-state index contributed by atoms with van der Waals surface area (Å²) in [6.07, 6.45) is 0.963. The third-order valence-corrected chi connectivity index (χ3v) is 2.97. The molecular formula is C10H19NO3. The van der Waals surface area contributed by atoms with Gasteiger partial charge in [0.25, 0.3) is 0 Å². The van der Waals surface area contributed by atoms with Crippen LogP contribution in [-0.4, -0.2) is 48.3 Å². The Hall–Kier alpha value is -0.610. The van der Waals surface area contributed by atoms with Gasteiger partial charge in [0, 0.05) is 13.2 Å². The second kappa shape index (κ2) is 4.75. The molecule has 3 unspecified atom stereocenters. The summed E-state index contributed by atoms with van der Waals surface area (Å²) < 4.78 is 5.04. The first kappa shape index (κ1) is 11.5. The number of hydrogen-bond acceptors (Lipinski definition) is 3. The van der Waals surface area contributed by atoms with E-state index in [9.17, 15) is 4.79 Å². The molecule has 0 aromatic heterocycles. The average molecular weight is 201 g/mol. The van der Waals surface area contributed by atoms with Crippen LogP contribution >= 0.6 is 0 Å². The van der Waals surface area contributed by atoms with E-state index in [1.165, 1.54) is 0 Å². The van der Waals surface area contributed by atoms with Crippen molar-refractivity contribution < 1.29 is 14.6 Å². The number of carboxylic acids is 1. The first-order valence-electron chi connectivity index (χ1n) is 5.05. The van der Waals surface area contributed by atoms with Crippen LogP contribution in [0.1, 0.15) is 20.3 Å². The predicted octanol–water partition coefficient (Wildman–Crippen LogP) is 0.816. The van der Waals surface area contributed by atoms with Crippen LogP contribution in [0.15, 0.2) is 0 Å². The number of carboxylic acid groups (broad SMARTS) is 1. The number of likely N-dealkylation sites (tertiary alicyclic amines) is 1. The SMILES string of the molecule is COCC(C)N1CCC(C)C1C(=O)O. The highest BCUT2D eigenvalue weighted by Crippen LogP contribution is 2.26. The van der Waals surface area contributed by atoms with Gasteiger partial charge in [-0.15, -0.1) is 0 Å². The number of aliphatic carboxylic acids is 1. The van der Waals surface area contributed by atoms with Gasteiger partial charge in [-0.25, -0.2) is 0 Å². The highest BCUT2D eigenvalue weighted by atomic mass is 16.5. The number of nitrogens with zero attached hydrogens (tertiary/aromatic N) is 1. The number of carbonyl (C=O) groups is 1. The highest BCUT2D eigenvalue weighted by Gasteiger charge is 2.38. The van der Waals surface area contributed by atoms with E-state index in [4.69, 9.17) is 9.84 Å². The van der Waals surface area contributed by atoms with E-state index in [0.29, 0.717) is 6.61 Å². The number of hydrogen-bond donors (Lipinski definition) is 1. The summed E-state index contributed by atoms with van der Waals surface area (Å²) in [7, 11) is 1.64. The Kier molecular flexibility index (Phi) is 3.89. The van der Waals surface area contributed by atoms with E-state index >= 15 is 0 Å². The van der Waals surface area contributed by atoms with Crippen molar-refractivity contribution in [3.05, 3.63) is 0 Å². The zero-order chi connectivity index (χ0) is 10.7. The Bertz CT molecular complexity index is 208. The average Bonchev–Trinajstić information content (AvgIpc) is 2.47. The summed E-state index contributed by atoms with van der Waals surface area (Å²) in [4.78, 5) is 13.1. The van der Waals surface area contributed by atoms with Crippen molar-refractivity contribution in [1.82, 2.24) is 4.90 Å². The van der Waals surface area contributed by atoms with Gasteiger partial charge in [0.05, 0.1) is 6.61 Å². The smallest absolute Gasteiger partial charge is 0.321 e. The Balaban J connectivity index is 2.63. The van der Waals surface area contributed by atoms with E-state index in [1.807, 2.05) is 18.7 Å². The fourth-order valence-electron chi connectivity index (χ4n) is 2.19. The molecule has 1 aliphatic rings. The van der Waals surface area contributed by atoms with Crippen LogP contribution < -0.4 is 0 Å². The maximum atomic E-state index is 11.0. The van der Waals surface area contributed by atoms with Gasteiger partial charge < -0.3 is 9.84 Å². The van der Waals surface area contributed by atoms with E-state index in [-0.39, 0.29) is 18.0 Å². The van der Waals surface area contributed by atoms with Crippen molar-refractivity contribution in [3.8, 4) is 0 Å². The lowest BCUT2D eigenvalue weighted by atomic mass is 10.0. The molecule has 1 aliphatic heterocycles. The molecule has 1 N–H and O–H groups in total. The van der Waals surface area contributed by atoms with Gasteiger partial charge >= 0.3 is 5.97 Å². The molecule has 0 bridgehead atoms. The third-order valence-electron chi connectivity index (χ3n) is 2.97. The maximum Gasteiger partial charge on any atom is 0.321 e. The summed E-state index contributed by atoms with van der Waals surface area (Å²) in [5, 5.41) is 9.09. The predicted molar refractivity (Wildman–Crippen MR) is 53.2 cm³/mol. The van der Waals surface area contributed by atoms with Crippen LogP contribution in [0.4, 0.5) is 0 Å². The van der Waals surface area contributed by atoms with Crippen molar-refractivity contribution in [3.63, 3.8) is 0 Å². The van der Waals surface area contributed by atoms with Crippen molar-refractivity contribution in [1.29, 1.82) is 0 Å². The van der Waals surface area contributed by atoms with E-state index < -0.39 is 5.97 Å². The Labute approximate surface area is 84.8 Å². The molecule has 1 saturated heterocycles. The quantitative estimate of drug-likeness (QED) is 0.731. The molecular weight excluding hydrogens is 182 g/mol. The largest absolute Gasteiger partial charge is 0.480 e. The lowest BCUT2D eigenvalue weighted by molar-refractivity contribution is -0.144. The van der Waals surface area contributed by atoms with Crippen LogP contribution in [0.2, 0.25) is 0 Å². The van der Waals surface area contributed by atoms with Gasteiger partial charge in [0.1, 0.15) is 6.04 Å².